The summed E-state index contributed by atoms with van der Waals surface area (Å²) < 4.78 is 25.8. The Morgan fingerprint density at radius 3 is 2.20 bits per heavy atom. The van der Waals surface area contributed by atoms with Crippen molar-refractivity contribution in [3.05, 3.63) is 0 Å². The van der Waals surface area contributed by atoms with E-state index in [9.17, 15) is 8.78 Å². The predicted octanol–water partition coefficient (Wildman–Crippen LogP) is 1.52. The van der Waals surface area contributed by atoms with E-state index in [-0.39, 0.29) is 12.3 Å². The van der Waals surface area contributed by atoms with Crippen LogP contribution in [0.1, 0.15) is 25.7 Å². The highest BCUT2D eigenvalue weighted by Gasteiger charge is 2.61. The van der Waals surface area contributed by atoms with Gasteiger partial charge in [0, 0.05) is 6.42 Å². The van der Waals surface area contributed by atoms with Crippen LogP contribution in [0, 0.1) is 5.92 Å². The molecule has 0 aromatic carbocycles. The molecule has 10 heavy (non-hydrogen) atoms. The van der Waals surface area contributed by atoms with Gasteiger partial charge in [-0.1, -0.05) is 0 Å². The van der Waals surface area contributed by atoms with Crippen molar-refractivity contribution in [3.8, 4) is 0 Å². The third-order valence-electron chi connectivity index (χ3n) is 2.93. The van der Waals surface area contributed by atoms with Crippen molar-refractivity contribution in [1.82, 2.24) is 0 Å². The Morgan fingerprint density at radius 2 is 2.00 bits per heavy atom. The molecule has 2 atom stereocenters. The Kier molecular flexibility index (Phi) is 0.994. The van der Waals surface area contributed by atoms with E-state index in [1.807, 2.05) is 0 Å². The zero-order valence-corrected chi connectivity index (χ0v) is 5.74. The van der Waals surface area contributed by atoms with Gasteiger partial charge in [-0.2, -0.15) is 0 Å². The molecule has 0 saturated heterocycles. The monoisotopic (exact) mass is 147 g/mol. The minimum atomic E-state index is -2.57. The van der Waals surface area contributed by atoms with Crippen LogP contribution in [0.25, 0.3) is 0 Å². The minimum absolute atomic E-state index is 0.0312. The van der Waals surface area contributed by atoms with Crippen LogP contribution in [0.5, 0.6) is 0 Å². The van der Waals surface area contributed by atoms with Crippen molar-refractivity contribution < 1.29 is 8.78 Å². The van der Waals surface area contributed by atoms with Crippen molar-refractivity contribution >= 4 is 0 Å². The highest BCUT2D eigenvalue weighted by atomic mass is 19.3. The fourth-order valence-corrected chi connectivity index (χ4v) is 2.25. The lowest BCUT2D eigenvalue weighted by molar-refractivity contribution is -0.0661. The first-order valence-corrected chi connectivity index (χ1v) is 3.70. The molecule has 0 aromatic rings. The average Bonchev–Trinajstić information content (AvgIpc) is 2.18. The van der Waals surface area contributed by atoms with E-state index in [2.05, 4.69) is 0 Å². The lowest BCUT2D eigenvalue weighted by atomic mass is 9.91. The van der Waals surface area contributed by atoms with Crippen LogP contribution in [0.4, 0.5) is 8.78 Å². The van der Waals surface area contributed by atoms with Gasteiger partial charge in [0.05, 0.1) is 5.54 Å². The summed E-state index contributed by atoms with van der Waals surface area (Å²) in [4.78, 5) is 0. The van der Waals surface area contributed by atoms with Crippen molar-refractivity contribution in [1.29, 1.82) is 0 Å². The summed E-state index contributed by atoms with van der Waals surface area (Å²) in [5.74, 6) is -2.37. The molecular weight excluding hydrogens is 136 g/mol. The predicted molar refractivity (Wildman–Crippen MR) is 33.8 cm³/mol. The number of fused-ring (bicyclic) bond motifs is 2. The second-order valence-electron chi connectivity index (χ2n) is 3.67. The summed E-state index contributed by atoms with van der Waals surface area (Å²) in [6.45, 7) is 0. The first-order valence-electron chi connectivity index (χ1n) is 3.70. The zero-order valence-electron chi connectivity index (χ0n) is 5.74. The summed E-state index contributed by atoms with van der Waals surface area (Å²) in [6, 6.07) is 0. The van der Waals surface area contributed by atoms with Crippen molar-refractivity contribution in [2.24, 2.45) is 11.7 Å². The molecule has 0 amide bonds. The Hall–Kier alpha value is -0.180. The molecule has 0 radical (unpaired) electrons. The van der Waals surface area contributed by atoms with Gasteiger partial charge < -0.3 is 5.73 Å². The van der Waals surface area contributed by atoms with Crippen LogP contribution in [0.2, 0.25) is 0 Å². The molecule has 2 fully saturated rings. The van der Waals surface area contributed by atoms with Crippen LogP contribution in [0.15, 0.2) is 0 Å². The molecule has 2 rings (SSSR count). The zero-order chi connectivity index (χ0) is 7.41. The van der Waals surface area contributed by atoms with Crippen molar-refractivity contribution in [3.63, 3.8) is 0 Å². The molecule has 0 aliphatic heterocycles. The molecule has 0 heterocycles. The molecule has 2 bridgehead atoms. The van der Waals surface area contributed by atoms with Crippen LogP contribution >= 0.6 is 0 Å². The van der Waals surface area contributed by atoms with Crippen LogP contribution in [-0.2, 0) is 0 Å². The second-order valence-corrected chi connectivity index (χ2v) is 3.67. The van der Waals surface area contributed by atoms with Gasteiger partial charge >= 0.3 is 0 Å². The van der Waals surface area contributed by atoms with Crippen molar-refractivity contribution in [2.45, 2.75) is 37.1 Å². The third-order valence-corrected chi connectivity index (χ3v) is 2.93. The van der Waals surface area contributed by atoms with Crippen molar-refractivity contribution in [2.75, 3.05) is 0 Å². The molecular formula is C7H11F2N. The van der Waals surface area contributed by atoms with Gasteiger partial charge in [0.2, 0.25) is 0 Å². The van der Waals surface area contributed by atoms with Gasteiger partial charge in [0.15, 0.2) is 0 Å². The Bertz CT molecular complexity index is 167. The highest BCUT2D eigenvalue weighted by molar-refractivity contribution is 5.10. The highest BCUT2D eigenvalue weighted by Crippen LogP contribution is 2.54. The smallest absolute Gasteiger partial charge is 0.265 e. The standard InChI is InChI=1S/C7H11F2N/c8-7(9)4-5-1-2-6(7,10)3-5/h5H,1-4,10H2. The summed E-state index contributed by atoms with van der Waals surface area (Å²) in [5, 5.41) is 0. The van der Waals surface area contributed by atoms with E-state index < -0.39 is 11.5 Å². The molecule has 58 valence electrons. The largest absolute Gasteiger partial charge is 0.320 e. The van der Waals surface area contributed by atoms with E-state index in [0.29, 0.717) is 12.8 Å². The molecule has 1 nitrogen and oxygen atoms in total. The summed E-state index contributed by atoms with van der Waals surface area (Å²) in [7, 11) is 0. The summed E-state index contributed by atoms with van der Waals surface area (Å²) in [6.07, 6.45) is 2.00. The van der Waals surface area contributed by atoms with Crippen LogP contribution < -0.4 is 5.73 Å². The molecule has 2 saturated carbocycles. The molecule has 0 aromatic heterocycles. The quantitative estimate of drug-likeness (QED) is 0.552. The molecule has 3 heteroatoms. The SMILES string of the molecule is NC12CCC(CC1(F)F)C2. The molecule has 2 aliphatic carbocycles. The van der Waals surface area contributed by atoms with E-state index >= 15 is 0 Å². The average molecular weight is 147 g/mol. The second kappa shape index (κ2) is 1.52. The van der Waals surface area contributed by atoms with Gasteiger partial charge in [0.25, 0.3) is 5.92 Å². The van der Waals surface area contributed by atoms with Gasteiger partial charge in [-0.25, -0.2) is 8.78 Å². The topological polar surface area (TPSA) is 26.0 Å². The number of rotatable bonds is 0. The molecule has 2 N–H and O–H groups in total. The fourth-order valence-electron chi connectivity index (χ4n) is 2.25. The van der Waals surface area contributed by atoms with E-state index in [4.69, 9.17) is 5.73 Å². The lowest BCUT2D eigenvalue weighted by Gasteiger charge is -2.30. The fraction of sp³-hybridized carbons (Fsp3) is 1.00. The van der Waals surface area contributed by atoms with Gasteiger partial charge in [-0.15, -0.1) is 0 Å². The maximum Gasteiger partial charge on any atom is 0.265 e. The number of nitrogens with two attached hydrogens (primary N) is 1. The summed E-state index contributed by atoms with van der Waals surface area (Å²) in [5.41, 5.74) is 4.40. The van der Waals surface area contributed by atoms with Gasteiger partial charge in [-0.3, -0.25) is 0 Å². The Morgan fingerprint density at radius 1 is 1.30 bits per heavy atom. The normalized spacial score (nSPS) is 50.1. The number of halogens is 2. The van der Waals surface area contributed by atoms with Gasteiger partial charge in [-0.05, 0) is 25.2 Å². The van der Waals surface area contributed by atoms with E-state index in [0.717, 1.165) is 6.42 Å². The minimum Gasteiger partial charge on any atom is -0.320 e. The maximum absolute atomic E-state index is 12.9. The van der Waals surface area contributed by atoms with E-state index in [1.54, 1.807) is 0 Å². The number of hydrogen-bond donors (Lipinski definition) is 1. The van der Waals surface area contributed by atoms with Crippen LogP contribution in [-0.4, -0.2) is 11.5 Å². The van der Waals surface area contributed by atoms with E-state index in [1.165, 1.54) is 0 Å². The Labute approximate surface area is 58.6 Å². The first-order chi connectivity index (χ1) is 4.54. The summed E-state index contributed by atoms with van der Waals surface area (Å²) >= 11 is 0. The van der Waals surface area contributed by atoms with Gasteiger partial charge in [0.1, 0.15) is 0 Å². The third kappa shape index (κ3) is 0.590. The molecule has 2 unspecified atom stereocenters. The lowest BCUT2D eigenvalue weighted by Crippen LogP contribution is -2.51. The maximum atomic E-state index is 12.9. The first kappa shape index (κ1) is 6.53. The molecule has 0 spiro atoms. The molecule has 2 aliphatic rings. The number of hydrogen-bond acceptors (Lipinski definition) is 1. The van der Waals surface area contributed by atoms with Crippen LogP contribution in [0.3, 0.4) is 0 Å². The number of alkyl halides is 2. The Balaban J connectivity index is 2.31.